The van der Waals surface area contributed by atoms with Gasteiger partial charge in [-0.15, -0.1) is 0 Å². The highest BCUT2D eigenvalue weighted by Gasteiger charge is 2.27. The lowest BCUT2D eigenvalue weighted by Gasteiger charge is -2.33. The molecule has 2 aromatic rings. The van der Waals surface area contributed by atoms with Crippen LogP contribution in [0.25, 0.3) is 11.1 Å². The lowest BCUT2D eigenvalue weighted by atomic mass is 9.98. The second-order valence-corrected chi connectivity index (χ2v) is 9.38. The molecule has 1 heterocycles. The van der Waals surface area contributed by atoms with Gasteiger partial charge in [0.15, 0.2) is 17.4 Å². The number of amides is 1. The number of halogens is 3. The second-order valence-electron chi connectivity index (χ2n) is 9.38. The Morgan fingerprint density at radius 2 is 1.74 bits per heavy atom. The van der Waals surface area contributed by atoms with Crippen molar-refractivity contribution in [2.75, 3.05) is 26.3 Å². The standard InChI is InChI=1S/C26H31F3N2O4/c1-5-34-30-15-18-6-7-20(21(27)12-18)19-13-22(28)24(23(29)14-19)33-16-17-8-10-31(11-9-17)25(32)35-26(2,3)4/h6-7,12-15,17H,5,8-11,16H2,1-4H3/b30-15+. The first-order valence-corrected chi connectivity index (χ1v) is 11.6. The average Bonchev–Trinajstić information content (AvgIpc) is 2.78. The molecule has 1 fully saturated rings. The van der Waals surface area contributed by atoms with Crippen LogP contribution in [0, 0.1) is 23.4 Å². The number of hydrogen-bond acceptors (Lipinski definition) is 5. The van der Waals surface area contributed by atoms with Crippen molar-refractivity contribution >= 4 is 12.3 Å². The number of hydrogen-bond donors (Lipinski definition) is 0. The van der Waals surface area contributed by atoms with Crippen molar-refractivity contribution in [2.24, 2.45) is 11.1 Å². The van der Waals surface area contributed by atoms with Gasteiger partial charge in [-0.25, -0.2) is 18.0 Å². The van der Waals surface area contributed by atoms with Gasteiger partial charge in [0.05, 0.1) is 12.8 Å². The average molecular weight is 493 g/mol. The molecule has 2 aromatic carbocycles. The van der Waals surface area contributed by atoms with Crippen LogP contribution in [0.4, 0.5) is 18.0 Å². The fraction of sp³-hybridized carbons (Fsp3) is 0.462. The quantitative estimate of drug-likeness (QED) is 0.343. The Labute approximate surface area is 203 Å². The third kappa shape index (κ3) is 7.37. The fourth-order valence-corrected chi connectivity index (χ4v) is 3.68. The summed E-state index contributed by atoms with van der Waals surface area (Å²) in [5.74, 6) is -2.92. The maximum Gasteiger partial charge on any atom is 0.410 e. The van der Waals surface area contributed by atoms with Gasteiger partial charge in [-0.1, -0.05) is 17.3 Å². The van der Waals surface area contributed by atoms with E-state index in [0.717, 1.165) is 12.1 Å². The molecule has 0 saturated carbocycles. The van der Waals surface area contributed by atoms with Crippen LogP contribution in [0.1, 0.15) is 46.1 Å². The third-order valence-corrected chi connectivity index (χ3v) is 5.44. The molecule has 0 aliphatic carbocycles. The maximum atomic E-state index is 14.7. The minimum absolute atomic E-state index is 0.0375. The van der Waals surface area contributed by atoms with E-state index in [4.69, 9.17) is 14.3 Å². The summed E-state index contributed by atoms with van der Waals surface area (Å²) in [7, 11) is 0. The van der Waals surface area contributed by atoms with Crippen LogP contribution >= 0.6 is 0 Å². The van der Waals surface area contributed by atoms with Crippen LogP contribution in [0.3, 0.4) is 0 Å². The van der Waals surface area contributed by atoms with E-state index < -0.39 is 28.8 Å². The van der Waals surface area contributed by atoms with Crippen LogP contribution in [-0.2, 0) is 9.57 Å². The molecule has 1 saturated heterocycles. The van der Waals surface area contributed by atoms with E-state index in [1.165, 1.54) is 18.3 Å². The van der Waals surface area contributed by atoms with Crippen molar-refractivity contribution in [3.63, 3.8) is 0 Å². The number of benzene rings is 2. The Balaban J connectivity index is 1.61. The smallest absolute Gasteiger partial charge is 0.410 e. The van der Waals surface area contributed by atoms with Gasteiger partial charge in [-0.05, 0) is 75.8 Å². The molecule has 0 N–H and O–H groups in total. The molecule has 0 bridgehead atoms. The topological polar surface area (TPSA) is 60.4 Å². The van der Waals surface area contributed by atoms with Crippen LogP contribution in [0.15, 0.2) is 35.5 Å². The van der Waals surface area contributed by atoms with Crippen molar-refractivity contribution in [3.05, 3.63) is 53.3 Å². The van der Waals surface area contributed by atoms with E-state index in [0.29, 0.717) is 38.1 Å². The van der Waals surface area contributed by atoms with Crippen molar-refractivity contribution < 1.29 is 32.3 Å². The van der Waals surface area contributed by atoms with E-state index in [9.17, 15) is 18.0 Å². The summed E-state index contributed by atoms with van der Waals surface area (Å²) in [6.07, 6.45) is 2.24. The van der Waals surface area contributed by atoms with E-state index in [2.05, 4.69) is 5.16 Å². The van der Waals surface area contributed by atoms with Gasteiger partial charge in [-0.2, -0.15) is 0 Å². The number of piperidine rings is 1. The predicted molar refractivity (Wildman–Crippen MR) is 127 cm³/mol. The zero-order valence-corrected chi connectivity index (χ0v) is 20.4. The molecule has 9 heteroatoms. The largest absolute Gasteiger partial charge is 0.487 e. The van der Waals surface area contributed by atoms with E-state index in [1.54, 1.807) is 17.9 Å². The first kappa shape index (κ1) is 26.4. The zero-order chi connectivity index (χ0) is 25.6. The summed E-state index contributed by atoms with van der Waals surface area (Å²) in [6, 6.07) is 6.31. The van der Waals surface area contributed by atoms with Gasteiger partial charge >= 0.3 is 6.09 Å². The summed E-state index contributed by atoms with van der Waals surface area (Å²) in [4.78, 5) is 18.6. The van der Waals surface area contributed by atoms with Crippen LogP contribution in [0.5, 0.6) is 5.75 Å². The first-order valence-electron chi connectivity index (χ1n) is 11.6. The normalized spacial score (nSPS) is 14.9. The Morgan fingerprint density at radius 3 is 2.31 bits per heavy atom. The SMILES string of the molecule is CCO/N=C/c1ccc(-c2cc(F)c(OCC3CCN(C(=O)OC(C)(C)C)CC3)c(F)c2)c(F)c1. The Hall–Kier alpha value is -3.23. The summed E-state index contributed by atoms with van der Waals surface area (Å²) in [5, 5.41) is 3.68. The molecule has 0 unspecified atom stereocenters. The highest BCUT2D eigenvalue weighted by Crippen LogP contribution is 2.31. The molecular formula is C26H31F3N2O4. The van der Waals surface area contributed by atoms with E-state index in [1.807, 2.05) is 20.8 Å². The fourth-order valence-electron chi connectivity index (χ4n) is 3.68. The highest BCUT2D eigenvalue weighted by atomic mass is 19.1. The van der Waals surface area contributed by atoms with Crippen molar-refractivity contribution in [2.45, 2.75) is 46.1 Å². The molecule has 1 aliphatic heterocycles. The molecule has 3 rings (SSSR count). The molecule has 35 heavy (non-hydrogen) atoms. The van der Waals surface area contributed by atoms with Crippen LogP contribution < -0.4 is 4.74 Å². The zero-order valence-electron chi connectivity index (χ0n) is 20.4. The molecule has 0 radical (unpaired) electrons. The minimum Gasteiger partial charge on any atom is -0.487 e. The number of nitrogens with zero attached hydrogens (tertiary/aromatic N) is 2. The second kappa shape index (κ2) is 11.5. The monoisotopic (exact) mass is 492 g/mol. The number of likely N-dealkylation sites (tertiary alicyclic amines) is 1. The third-order valence-electron chi connectivity index (χ3n) is 5.44. The van der Waals surface area contributed by atoms with E-state index >= 15 is 0 Å². The van der Waals surface area contributed by atoms with Crippen molar-refractivity contribution in [1.29, 1.82) is 0 Å². The van der Waals surface area contributed by atoms with Crippen LogP contribution in [-0.4, -0.2) is 49.1 Å². The van der Waals surface area contributed by atoms with Gasteiger partial charge < -0.3 is 19.2 Å². The molecule has 0 spiro atoms. The number of carbonyl (C=O) groups excluding carboxylic acids is 1. The maximum absolute atomic E-state index is 14.7. The number of carbonyl (C=O) groups is 1. The highest BCUT2D eigenvalue weighted by molar-refractivity contribution is 5.81. The summed E-state index contributed by atoms with van der Waals surface area (Å²) >= 11 is 0. The number of oxime groups is 1. The number of ether oxygens (including phenoxy) is 2. The molecule has 6 nitrogen and oxygen atoms in total. The first-order chi connectivity index (χ1) is 16.6. The lowest BCUT2D eigenvalue weighted by Crippen LogP contribution is -2.42. The van der Waals surface area contributed by atoms with Gasteiger partial charge in [0.1, 0.15) is 18.0 Å². The Bertz CT molecular complexity index is 1040. The minimum atomic E-state index is -0.910. The lowest BCUT2D eigenvalue weighted by molar-refractivity contribution is 0.0163. The van der Waals surface area contributed by atoms with Crippen molar-refractivity contribution in [3.8, 4) is 16.9 Å². The Morgan fingerprint density at radius 1 is 1.09 bits per heavy atom. The summed E-state index contributed by atoms with van der Waals surface area (Å²) < 4.78 is 54.8. The van der Waals surface area contributed by atoms with E-state index in [-0.39, 0.29) is 29.7 Å². The van der Waals surface area contributed by atoms with Gasteiger partial charge in [-0.3, -0.25) is 0 Å². The molecular weight excluding hydrogens is 461 g/mol. The van der Waals surface area contributed by atoms with Gasteiger partial charge in [0.25, 0.3) is 0 Å². The number of rotatable bonds is 7. The predicted octanol–water partition coefficient (Wildman–Crippen LogP) is 6.17. The van der Waals surface area contributed by atoms with Gasteiger partial charge in [0, 0.05) is 18.7 Å². The summed E-state index contributed by atoms with van der Waals surface area (Å²) in [5.41, 5.74) is 0.000643. The van der Waals surface area contributed by atoms with Gasteiger partial charge in [0.2, 0.25) is 0 Å². The van der Waals surface area contributed by atoms with Crippen LogP contribution in [0.2, 0.25) is 0 Å². The molecule has 1 amide bonds. The molecule has 190 valence electrons. The Kier molecular flexibility index (Phi) is 8.64. The molecule has 0 atom stereocenters. The molecule has 1 aliphatic rings. The summed E-state index contributed by atoms with van der Waals surface area (Å²) in [6.45, 7) is 8.65. The molecule has 0 aromatic heterocycles. The van der Waals surface area contributed by atoms with Crippen molar-refractivity contribution in [1.82, 2.24) is 4.90 Å².